The molecule has 5 rings (SSSR count). The van der Waals surface area contributed by atoms with Gasteiger partial charge < -0.3 is 18.8 Å². The summed E-state index contributed by atoms with van der Waals surface area (Å²) in [4.78, 5) is 15.2. The molecule has 32 heavy (non-hydrogen) atoms. The second-order valence-corrected chi connectivity index (χ2v) is 7.51. The third-order valence-corrected chi connectivity index (χ3v) is 5.62. The van der Waals surface area contributed by atoms with Crippen LogP contribution in [0.25, 0.3) is 11.3 Å². The van der Waals surface area contributed by atoms with E-state index < -0.39 is 0 Å². The van der Waals surface area contributed by atoms with E-state index in [2.05, 4.69) is 10.2 Å². The van der Waals surface area contributed by atoms with Gasteiger partial charge in [0.2, 0.25) is 0 Å². The van der Waals surface area contributed by atoms with Crippen LogP contribution >= 0.6 is 0 Å². The molecule has 4 aromatic rings. The number of benzene rings is 2. The fourth-order valence-corrected chi connectivity index (χ4v) is 4.19. The number of amides is 1. The third-order valence-electron chi connectivity index (χ3n) is 5.62. The molecule has 0 saturated heterocycles. The Morgan fingerprint density at radius 3 is 2.66 bits per heavy atom. The number of carbonyl (C=O) groups is 1. The van der Waals surface area contributed by atoms with Crippen LogP contribution in [-0.4, -0.2) is 34.7 Å². The smallest absolute Gasteiger partial charge is 0.273 e. The molecule has 0 aliphatic carbocycles. The van der Waals surface area contributed by atoms with Gasteiger partial charge in [-0.25, -0.2) is 0 Å². The summed E-state index contributed by atoms with van der Waals surface area (Å²) in [6, 6.07) is 18.9. The molecule has 2 aromatic heterocycles. The lowest BCUT2D eigenvalue weighted by atomic mass is 9.96. The van der Waals surface area contributed by atoms with Crippen molar-refractivity contribution in [2.24, 2.45) is 0 Å². The Kier molecular flexibility index (Phi) is 5.15. The Balaban J connectivity index is 1.63. The first kappa shape index (κ1) is 19.9. The van der Waals surface area contributed by atoms with Gasteiger partial charge in [0.1, 0.15) is 23.0 Å². The van der Waals surface area contributed by atoms with Gasteiger partial charge in [0, 0.05) is 11.1 Å². The molecule has 1 aliphatic rings. The predicted molar refractivity (Wildman–Crippen MR) is 119 cm³/mol. The molecule has 0 spiro atoms. The summed E-state index contributed by atoms with van der Waals surface area (Å²) in [6.07, 6.45) is 1.62. The number of aromatic amines is 1. The van der Waals surface area contributed by atoms with Crippen LogP contribution in [0.4, 0.5) is 0 Å². The highest BCUT2D eigenvalue weighted by molar-refractivity contribution is 6.00. The molecule has 1 unspecified atom stereocenters. The van der Waals surface area contributed by atoms with E-state index in [0.29, 0.717) is 24.6 Å². The van der Waals surface area contributed by atoms with Crippen LogP contribution in [0.15, 0.2) is 71.3 Å². The molecule has 1 aliphatic heterocycles. The quantitative estimate of drug-likeness (QED) is 0.455. The summed E-state index contributed by atoms with van der Waals surface area (Å²) >= 11 is 0. The van der Waals surface area contributed by atoms with Gasteiger partial charge in [-0.2, -0.15) is 5.10 Å². The summed E-state index contributed by atoms with van der Waals surface area (Å²) in [7, 11) is 1.63. The zero-order chi connectivity index (χ0) is 22.1. The molecule has 162 valence electrons. The zero-order valence-corrected chi connectivity index (χ0v) is 17.9. The van der Waals surface area contributed by atoms with Gasteiger partial charge in [0.25, 0.3) is 5.91 Å². The fraction of sp³-hybridized carbons (Fsp3) is 0.200. The van der Waals surface area contributed by atoms with Crippen LogP contribution < -0.4 is 9.47 Å². The normalized spacial score (nSPS) is 15.1. The van der Waals surface area contributed by atoms with Crippen LogP contribution in [-0.2, 0) is 6.54 Å². The lowest BCUT2D eigenvalue weighted by molar-refractivity contribution is 0.0716. The van der Waals surface area contributed by atoms with Crippen molar-refractivity contribution in [1.82, 2.24) is 15.1 Å². The second-order valence-electron chi connectivity index (χ2n) is 7.51. The minimum Gasteiger partial charge on any atom is -0.497 e. The number of hydrogen-bond donors (Lipinski definition) is 1. The van der Waals surface area contributed by atoms with E-state index in [0.717, 1.165) is 33.9 Å². The number of aromatic nitrogens is 2. The van der Waals surface area contributed by atoms with Gasteiger partial charge in [0.15, 0.2) is 0 Å². The molecule has 3 heterocycles. The number of fused-ring (bicyclic) bond motifs is 1. The van der Waals surface area contributed by atoms with Gasteiger partial charge in [-0.3, -0.25) is 9.89 Å². The molecule has 0 radical (unpaired) electrons. The molecule has 7 heteroatoms. The number of hydrogen-bond acceptors (Lipinski definition) is 5. The maximum Gasteiger partial charge on any atom is 0.273 e. The third kappa shape index (κ3) is 3.41. The van der Waals surface area contributed by atoms with E-state index >= 15 is 0 Å². The SMILES string of the molecule is CCOc1cccc(C2c3c(-c4ccc(OC)cc4)n[nH]c3C(=O)N2Cc2ccco2)c1. The van der Waals surface area contributed by atoms with Crippen molar-refractivity contribution in [3.8, 4) is 22.8 Å². The van der Waals surface area contributed by atoms with Crippen molar-refractivity contribution in [1.29, 1.82) is 0 Å². The zero-order valence-electron chi connectivity index (χ0n) is 17.9. The molecular weight excluding hydrogens is 406 g/mol. The molecule has 7 nitrogen and oxygen atoms in total. The van der Waals surface area contributed by atoms with E-state index in [-0.39, 0.29) is 11.9 Å². The molecular formula is C25H23N3O4. The lowest BCUT2D eigenvalue weighted by Gasteiger charge is -2.26. The number of nitrogens with one attached hydrogen (secondary N) is 1. The summed E-state index contributed by atoms with van der Waals surface area (Å²) in [5.74, 6) is 2.12. The van der Waals surface area contributed by atoms with E-state index in [1.54, 1.807) is 18.3 Å². The molecule has 0 saturated carbocycles. The van der Waals surface area contributed by atoms with Gasteiger partial charge in [0.05, 0.1) is 38.3 Å². The molecule has 1 atom stereocenters. The average molecular weight is 429 g/mol. The molecule has 0 bridgehead atoms. The van der Waals surface area contributed by atoms with Gasteiger partial charge in [-0.05, 0) is 61.0 Å². The minimum absolute atomic E-state index is 0.115. The van der Waals surface area contributed by atoms with Crippen molar-refractivity contribution in [3.63, 3.8) is 0 Å². The average Bonchev–Trinajstić information content (AvgIpc) is 3.54. The highest BCUT2D eigenvalue weighted by Crippen LogP contribution is 2.44. The monoisotopic (exact) mass is 429 g/mol. The van der Waals surface area contributed by atoms with Crippen LogP contribution in [0.5, 0.6) is 11.5 Å². The first-order valence-electron chi connectivity index (χ1n) is 10.5. The van der Waals surface area contributed by atoms with Crippen molar-refractivity contribution in [2.75, 3.05) is 13.7 Å². The van der Waals surface area contributed by atoms with Crippen molar-refractivity contribution >= 4 is 5.91 Å². The number of methoxy groups -OCH3 is 1. The van der Waals surface area contributed by atoms with Crippen molar-refractivity contribution in [3.05, 3.63) is 89.5 Å². The first-order valence-corrected chi connectivity index (χ1v) is 10.5. The molecule has 2 aromatic carbocycles. The van der Waals surface area contributed by atoms with Gasteiger partial charge in [-0.1, -0.05) is 12.1 Å². The number of ether oxygens (including phenoxy) is 2. The summed E-state index contributed by atoms with van der Waals surface area (Å²) < 4.78 is 16.6. The van der Waals surface area contributed by atoms with Gasteiger partial charge in [-0.15, -0.1) is 0 Å². The standard InChI is InChI=1S/C25H23N3O4/c1-3-31-19-7-4-6-17(14-19)24-21-22(16-9-11-18(30-2)12-10-16)26-27-23(21)25(29)28(24)15-20-8-5-13-32-20/h4-14,24H,3,15H2,1-2H3,(H,26,27). The number of nitrogens with zero attached hydrogens (tertiary/aromatic N) is 2. The highest BCUT2D eigenvalue weighted by Gasteiger charge is 2.42. The Hall–Kier alpha value is -4.00. The Morgan fingerprint density at radius 2 is 1.94 bits per heavy atom. The van der Waals surface area contributed by atoms with Crippen LogP contribution in [0.3, 0.4) is 0 Å². The van der Waals surface area contributed by atoms with E-state index in [4.69, 9.17) is 13.9 Å². The largest absolute Gasteiger partial charge is 0.497 e. The maximum absolute atomic E-state index is 13.4. The molecule has 1 amide bonds. The van der Waals surface area contributed by atoms with Crippen LogP contribution in [0.2, 0.25) is 0 Å². The van der Waals surface area contributed by atoms with Crippen molar-refractivity contribution in [2.45, 2.75) is 19.5 Å². The fourth-order valence-electron chi connectivity index (χ4n) is 4.19. The van der Waals surface area contributed by atoms with Gasteiger partial charge >= 0.3 is 0 Å². The van der Waals surface area contributed by atoms with E-state index in [9.17, 15) is 4.79 Å². The van der Waals surface area contributed by atoms with E-state index in [1.807, 2.05) is 67.6 Å². The Bertz CT molecular complexity index is 1230. The predicted octanol–water partition coefficient (Wildman–Crippen LogP) is 4.82. The number of furan rings is 1. The second kappa shape index (κ2) is 8.26. The maximum atomic E-state index is 13.4. The minimum atomic E-state index is -0.334. The number of rotatable bonds is 7. The molecule has 0 fully saturated rings. The van der Waals surface area contributed by atoms with Crippen molar-refractivity contribution < 1.29 is 18.7 Å². The number of H-pyrrole nitrogens is 1. The lowest BCUT2D eigenvalue weighted by Crippen LogP contribution is -2.29. The summed E-state index contributed by atoms with van der Waals surface area (Å²) in [5, 5.41) is 7.49. The Morgan fingerprint density at radius 1 is 1.09 bits per heavy atom. The molecule has 1 N–H and O–H groups in total. The number of carbonyl (C=O) groups excluding carboxylic acids is 1. The van der Waals surface area contributed by atoms with Crippen LogP contribution in [0, 0.1) is 0 Å². The summed E-state index contributed by atoms with van der Waals surface area (Å²) in [6.45, 7) is 2.86. The Labute approximate surface area is 185 Å². The van der Waals surface area contributed by atoms with Crippen LogP contribution in [0.1, 0.15) is 40.3 Å². The first-order chi connectivity index (χ1) is 15.7. The van der Waals surface area contributed by atoms with E-state index in [1.165, 1.54) is 0 Å². The highest BCUT2D eigenvalue weighted by atomic mass is 16.5. The topological polar surface area (TPSA) is 80.6 Å². The summed E-state index contributed by atoms with van der Waals surface area (Å²) in [5.41, 5.74) is 3.94.